The third kappa shape index (κ3) is 4.97. The molecule has 5 heterocycles. The van der Waals surface area contributed by atoms with Gasteiger partial charge in [0.15, 0.2) is 11.6 Å². The van der Waals surface area contributed by atoms with Gasteiger partial charge in [-0.05, 0) is 41.8 Å². The second-order valence-electron chi connectivity index (χ2n) is 14.6. The quantitative estimate of drug-likeness (QED) is 0.164. The van der Waals surface area contributed by atoms with E-state index in [-0.39, 0.29) is 0 Å². The fourth-order valence-electron chi connectivity index (χ4n) is 8.61. The maximum Gasteiger partial charge on any atom is 0.238 e. The number of rotatable bonds is 5. The van der Waals surface area contributed by atoms with Crippen molar-refractivity contribution in [1.82, 2.24) is 34.1 Å². The van der Waals surface area contributed by atoms with Crippen LogP contribution in [0.1, 0.15) is 0 Å². The standard InChI is InChI=1S/C51H31N7/c1-3-13-32(14-4-1)49-54-50(33-15-5-2-6-16-33)56-51(55-49)58-46-22-12-10-20-39(46)41-25-24-40-38-19-9-11-21-45(38)57(47(40)48(41)58)36-27-28-52-44(30-36)34-23-26-43-42(29-34)37-18-8-7-17-35(37)31-53-43/h1-31H. The summed E-state index contributed by atoms with van der Waals surface area (Å²) in [6.07, 6.45) is 3.86. The second kappa shape index (κ2) is 12.8. The number of para-hydroxylation sites is 2. The lowest BCUT2D eigenvalue weighted by molar-refractivity contribution is 0.953. The Morgan fingerprint density at radius 1 is 0.379 bits per heavy atom. The first-order valence-electron chi connectivity index (χ1n) is 19.3. The molecule has 0 saturated carbocycles. The Kier molecular flexibility index (Phi) is 7.09. The van der Waals surface area contributed by atoms with Crippen LogP contribution in [-0.4, -0.2) is 34.1 Å². The van der Waals surface area contributed by atoms with Crippen LogP contribution in [0.25, 0.3) is 111 Å². The van der Waals surface area contributed by atoms with Gasteiger partial charge in [-0.2, -0.15) is 9.97 Å². The van der Waals surface area contributed by atoms with Gasteiger partial charge < -0.3 is 4.57 Å². The van der Waals surface area contributed by atoms with Crippen molar-refractivity contribution in [3.8, 4) is 45.7 Å². The summed E-state index contributed by atoms with van der Waals surface area (Å²) in [6.45, 7) is 0. The molecule has 7 nitrogen and oxygen atoms in total. The zero-order valence-electron chi connectivity index (χ0n) is 31.0. The average molecular weight is 742 g/mol. The van der Waals surface area contributed by atoms with Gasteiger partial charge in [0.1, 0.15) is 0 Å². The lowest BCUT2D eigenvalue weighted by atomic mass is 10.0. The molecule has 5 aromatic heterocycles. The SMILES string of the molecule is c1ccc(-c2nc(-c3ccccc3)nc(-n3c4ccccc4c4ccc5c6ccccc6n(-c6ccnc(-c7ccc8ncc9ccccc9c8c7)c6)c5c43)n2)cc1. The van der Waals surface area contributed by atoms with E-state index in [1.165, 1.54) is 5.39 Å². The number of fused-ring (bicyclic) bond motifs is 10. The highest BCUT2D eigenvalue weighted by atomic mass is 15.2. The Hall–Kier alpha value is -8.03. The van der Waals surface area contributed by atoms with E-state index in [2.05, 4.69) is 124 Å². The molecule has 0 amide bonds. The molecule has 0 aliphatic carbocycles. The molecule has 7 aromatic carbocycles. The molecule has 12 aromatic rings. The third-order valence-corrected chi connectivity index (χ3v) is 11.2. The molecule has 0 bridgehead atoms. The fraction of sp³-hybridized carbons (Fsp3) is 0. The lowest BCUT2D eigenvalue weighted by Gasteiger charge is -2.14. The number of nitrogens with zero attached hydrogens (tertiary/aromatic N) is 7. The number of pyridine rings is 2. The smallest absolute Gasteiger partial charge is 0.238 e. The van der Waals surface area contributed by atoms with Crippen LogP contribution < -0.4 is 0 Å². The Balaban J connectivity index is 1.16. The zero-order chi connectivity index (χ0) is 38.2. The van der Waals surface area contributed by atoms with E-state index < -0.39 is 0 Å². The molecule has 0 unspecified atom stereocenters. The second-order valence-corrected chi connectivity index (χ2v) is 14.6. The van der Waals surface area contributed by atoms with E-state index >= 15 is 0 Å². The van der Waals surface area contributed by atoms with E-state index in [0.717, 1.165) is 88.0 Å². The summed E-state index contributed by atoms with van der Waals surface area (Å²) in [4.78, 5) is 25.2. The highest BCUT2D eigenvalue weighted by Gasteiger charge is 2.23. The van der Waals surface area contributed by atoms with Crippen LogP contribution in [0.4, 0.5) is 0 Å². The Labute approximate surface area is 332 Å². The zero-order valence-corrected chi connectivity index (χ0v) is 31.0. The number of hydrogen-bond acceptors (Lipinski definition) is 5. The molecule has 0 spiro atoms. The van der Waals surface area contributed by atoms with Crippen molar-refractivity contribution < 1.29 is 0 Å². The molecule has 58 heavy (non-hydrogen) atoms. The van der Waals surface area contributed by atoms with Gasteiger partial charge >= 0.3 is 0 Å². The molecule has 7 heteroatoms. The van der Waals surface area contributed by atoms with E-state index in [1.807, 2.05) is 73.1 Å². The molecule has 0 aliphatic heterocycles. The van der Waals surface area contributed by atoms with E-state index in [0.29, 0.717) is 17.6 Å². The van der Waals surface area contributed by atoms with Crippen molar-refractivity contribution in [3.63, 3.8) is 0 Å². The first-order valence-corrected chi connectivity index (χ1v) is 19.3. The number of aromatic nitrogens is 7. The van der Waals surface area contributed by atoms with Crippen LogP contribution in [0.3, 0.4) is 0 Å². The van der Waals surface area contributed by atoms with Gasteiger partial charge in [-0.25, -0.2) is 4.98 Å². The van der Waals surface area contributed by atoms with Gasteiger partial charge in [-0.3, -0.25) is 14.5 Å². The molecule has 12 rings (SSSR count). The van der Waals surface area contributed by atoms with Crippen LogP contribution in [0.2, 0.25) is 0 Å². The minimum absolute atomic E-state index is 0.552. The fourth-order valence-corrected chi connectivity index (χ4v) is 8.61. The summed E-state index contributed by atoms with van der Waals surface area (Å²) in [5, 5.41) is 7.91. The first-order chi connectivity index (χ1) is 28.8. The van der Waals surface area contributed by atoms with Gasteiger partial charge in [0.2, 0.25) is 5.95 Å². The van der Waals surface area contributed by atoms with E-state index in [1.54, 1.807) is 0 Å². The monoisotopic (exact) mass is 741 g/mol. The maximum atomic E-state index is 5.25. The molecule has 0 aliphatic rings. The minimum atomic E-state index is 0.552. The summed E-state index contributed by atoms with van der Waals surface area (Å²) in [5.74, 6) is 1.77. The summed E-state index contributed by atoms with van der Waals surface area (Å²) < 4.78 is 4.61. The van der Waals surface area contributed by atoms with Gasteiger partial charge in [-0.1, -0.05) is 140 Å². The van der Waals surface area contributed by atoms with E-state index in [9.17, 15) is 0 Å². The Morgan fingerprint density at radius 3 is 1.66 bits per heavy atom. The summed E-state index contributed by atoms with van der Waals surface area (Å²) in [6, 6.07) is 61.1. The highest BCUT2D eigenvalue weighted by molar-refractivity contribution is 6.23. The molecular weight excluding hydrogens is 711 g/mol. The van der Waals surface area contributed by atoms with Crippen LogP contribution in [0.15, 0.2) is 188 Å². The molecule has 0 atom stereocenters. The molecule has 0 N–H and O–H groups in total. The largest absolute Gasteiger partial charge is 0.307 e. The van der Waals surface area contributed by atoms with Crippen molar-refractivity contribution in [1.29, 1.82) is 0 Å². The van der Waals surface area contributed by atoms with Crippen molar-refractivity contribution in [2.75, 3.05) is 0 Å². The third-order valence-electron chi connectivity index (χ3n) is 11.2. The predicted molar refractivity (Wildman–Crippen MR) is 235 cm³/mol. The normalized spacial score (nSPS) is 11.8. The predicted octanol–water partition coefficient (Wildman–Crippen LogP) is 12.2. The first kappa shape index (κ1) is 32.2. The lowest BCUT2D eigenvalue weighted by Crippen LogP contribution is -2.07. The van der Waals surface area contributed by atoms with Gasteiger partial charge in [-0.15, -0.1) is 0 Å². The minimum Gasteiger partial charge on any atom is -0.307 e. The van der Waals surface area contributed by atoms with Crippen LogP contribution in [-0.2, 0) is 0 Å². The van der Waals surface area contributed by atoms with Gasteiger partial charge in [0.05, 0.1) is 33.3 Å². The van der Waals surface area contributed by atoms with Crippen molar-refractivity contribution >= 4 is 65.3 Å². The Bertz CT molecular complexity index is 3510. The Morgan fingerprint density at radius 2 is 0.966 bits per heavy atom. The highest BCUT2D eigenvalue weighted by Crippen LogP contribution is 2.42. The van der Waals surface area contributed by atoms with Crippen LogP contribution >= 0.6 is 0 Å². The van der Waals surface area contributed by atoms with Crippen molar-refractivity contribution in [2.24, 2.45) is 0 Å². The molecule has 270 valence electrons. The van der Waals surface area contributed by atoms with Crippen molar-refractivity contribution in [3.05, 3.63) is 188 Å². The van der Waals surface area contributed by atoms with Crippen LogP contribution in [0.5, 0.6) is 0 Å². The summed E-state index contributed by atoms with van der Waals surface area (Å²) in [5.41, 5.74) is 9.89. The average Bonchev–Trinajstić information content (AvgIpc) is 3.82. The summed E-state index contributed by atoms with van der Waals surface area (Å²) in [7, 11) is 0. The van der Waals surface area contributed by atoms with Gasteiger partial charge in [0, 0.05) is 67.1 Å². The van der Waals surface area contributed by atoms with Crippen LogP contribution in [0, 0.1) is 0 Å². The summed E-state index contributed by atoms with van der Waals surface area (Å²) >= 11 is 0. The number of hydrogen-bond donors (Lipinski definition) is 0. The maximum absolute atomic E-state index is 5.25. The topological polar surface area (TPSA) is 74.3 Å². The molecule has 0 saturated heterocycles. The van der Waals surface area contributed by atoms with Gasteiger partial charge in [0.25, 0.3) is 0 Å². The van der Waals surface area contributed by atoms with E-state index in [4.69, 9.17) is 24.9 Å². The molecular formula is C51H31N7. The van der Waals surface area contributed by atoms with Crippen molar-refractivity contribution in [2.45, 2.75) is 0 Å². The molecule has 0 radical (unpaired) electrons. The molecule has 0 fully saturated rings. The number of benzene rings is 7.